The Balaban J connectivity index is 1.63. The number of hydrogen-bond donors (Lipinski definition) is 2. The van der Waals surface area contributed by atoms with E-state index in [1.165, 1.54) is 0 Å². The number of nitrogens with zero attached hydrogens (tertiary/aromatic N) is 1. The zero-order valence-electron chi connectivity index (χ0n) is 16.5. The maximum atomic E-state index is 12.6. The number of carboxylic acid groups (broad SMARTS) is 1. The van der Waals surface area contributed by atoms with Crippen LogP contribution in [0.15, 0.2) is 60.7 Å². The Morgan fingerprint density at radius 2 is 2.00 bits per heavy atom. The molecule has 1 unspecified atom stereocenters. The number of fused-ring (bicyclic) bond motifs is 1. The second-order valence-electron chi connectivity index (χ2n) is 6.98. The predicted molar refractivity (Wildman–Crippen MR) is 112 cm³/mol. The molecule has 2 aromatic rings. The Morgan fingerprint density at radius 3 is 2.72 bits per heavy atom. The number of anilines is 1. The molecule has 1 aliphatic heterocycles. The molecule has 3 rings (SSSR count). The van der Waals surface area contributed by atoms with Crippen LogP contribution in [0.2, 0.25) is 0 Å². The Labute approximate surface area is 170 Å². The maximum absolute atomic E-state index is 12.6. The van der Waals surface area contributed by atoms with Crippen LogP contribution in [0.4, 0.5) is 10.5 Å². The number of carbonyl (C=O) groups is 2. The van der Waals surface area contributed by atoms with E-state index in [4.69, 9.17) is 4.74 Å². The van der Waals surface area contributed by atoms with Gasteiger partial charge >= 0.3 is 12.1 Å². The third kappa shape index (κ3) is 5.45. The largest absolute Gasteiger partial charge is 0.480 e. The first-order chi connectivity index (χ1) is 14.1. The van der Waals surface area contributed by atoms with Gasteiger partial charge in [0.1, 0.15) is 12.6 Å². The fraction of sp³-hybridized carbons (Fsp3) is 0.304. The summed E-state index contributed by atoms with van der Waals surface area (Å²) in [5, 5.41) is 12.4. The van der Waals surface area contributed by atoms with Gasteiger partial charge in [-0.15, -0.1) is 0 Å². The van der Waals surface area contributed by atoms with Gasteiger partial charge in [0.25, 0.3) is 0 Å². The molecule has 0 radical (unpaired) electrons. The number of carbonyl (C=O) groups excluding carboxylic acids is 1. The Bertz CT molecular complexity index is 880. The molecule has 6 heteroatoms. The quantitative estimate of drug-likeness (QED) is 0.664. The third-order valence-electron chi connectivity index (χ3n) is 4.93. The number of allylic oxidation sites excluding steroid dienone is 1. The molecule has 6 nitrogen and oxygen atoms in total. The van der Waals surface area contributed by atoms with E-state index in [0.717, 1.165) is 28.8 Å². The summed E-state index contributed by atoms with van der Waals surface area (Å²) in [6.07, 6.45) is 4.51. The van der Waals surface area contributed by atoms with Crippen LogP contribution >= 0.6 is 0 Å². The first-order valence-corrected chi connectivity index (χ1v) is 9.76. The number of ether oxygens (including phenoxy) is 1. The van der Waals surface area contributed by atoms with Crippen molar-refractivity contribution in [1.29, 1.82) is 0 Å². The van der Waals surface area contributed by atoms with Crippen molar-refractivity contribution in [2.24, 2.45) is 0 Å². The number of aliphatic carboxylic acids is 1. The summed E-state index contributed by atoms with van der Waals surface area (Å²) in [6.45, 7) is 3.09. The average Bonchev–Trinajstić information content (AvgIpc) is 3.16. The van der Waals surface area contributed by atoms with Crippen LogP contribution in [0.5, 0.6) is 0 Å². The lowest BCUT2D eigenvalue weighted by Gasteiger charge is -2.18. The zero-order chi connectivity index (χ0) is 20.6. The average molecular weight is 394 g/mol. The summed E-state index contributed by atoms with van der Waals surface area (Å²) in [5.74, 6) is -0.879. The number of carboxylic acids is 1. The van der Waals surface area contributed by atoms with Gasteiger partial charge in [-0.1, -0.05) is 54.6 Å². The van der Waals surface area contributed by atoms with Crippen molar-refractivity contribution >= 4 is 17.7 Å². The molecule has 152 valence electrons. The summed E-state index contributed by atoms with van der Waals surface area (Å²) in [6, 6.07) is 14.8. The lowest BCUT2D eigenvalue weighted by atomic mass is 10.1. The summed E-state index contributed by atoms with van der Waals surface area (Å²) in [4.78, 5) is 25.6. The van der Waals surface area contributed by atoms with Crippen molar-refractivity contribution in [2.75, 3.05) is 11.4 Å². The van der Waals surface area contributed by atoms with Gasteiger partial charge in [-0.25, -0.2) is 4.79 Å². The summed E-state index contributed by atoms with van der Waals surface area (Å²) < 4.78 is 5.47. The van der Waals surface area contributed by atoms with Crippen LogP contribution in [-0.2, 0) is 29.1 Å². The molecule has 0 saturated carbocycles. The first-order valence-electron chi connectivity index (χ1n) is 9.76. The lowest BCUT2D eigenvalue weighted by molar-refractivity contribution is -0.139. The van der Waals surface area contributed by atoms with Gasteiger partial charge < -0.3 is 15.2 Å². The van der Waals surface area contributed by atoms with Gasteiger partial charge in [-0.3, -0.25) is 9.69 Å². The van der Waals surface area contributed by atoms with Crippen molar-refractivity contribution in [1.82, 2.24) is 5.32 Å². The molecule has 0 aromatic heterocycles. The van der Waals surface area contributed by atoms with Gasteiger partial charge in [-0.2, -0.15) is 0 Å². The summed E-state index contributed by atoms with van der Waals surface area (Å²) in [5.41, 5.74) is 3.80. The van der Waals surface area contributed by atoms with E-state index < -0.39 is 12.0 Å². The molecular weight excluding hydrogens is 368 g/mol. The van der Waals surface area contributed by atoms with Crippen molar-refractivity contribution in [3.05, 3.63) is 77.4 Å². The highest BCUT2D eigenvalue weighted by Gasteiger charge is 2.26. The van der Waals surface area contributed by atoms with Crippen molar-refractivity contribution < 1.29 is 19.4 Å². The van der Waals surface area contributed by atoms with E-state index in [1.807, 2.05) is 67.6 Å². The van der Waals surface area contributed by atoms with Crippen molar-refractivity contribution in [3.8, 4) is 0 Å². The molecule has 1 amide bonds. The number of hydrogen-bond acceptors (Lipinski definition) is 4. The maximum Gasteiger partial charge on any atom is 0.414 e. The van der Waals surface area contributed by atoms with Crippen molar-refractivity contribution in [3.63, 3.8) is 0 Å². The third-order valence-corrected chi connectivity index (χ3v) is 4.93. The van der Waals surface area contributed by atoms with E-state index in [1.54, 1.807) is 4.90 Å². The van der Waals surface area contributed by atoms with E-state index >= 15 is 0 Å². The SMILES string of the molecule is C/C=C/CC(NCc1ccc2c(c1)N(C(=O)OCc1ccccc1)CC2)C(=O)O. The number of benzene rings is 2. The summed E-state index contributed by atoms with van der Waals surface area (Å²) in [7, 11) is 0. The minimum Gasteiger partial charge on any atom is -0.480 e. The van der Waals surface area contributed by atoms with Gasteiger partial charge in [0.05, 0.1) is 5.69 Å². The topological polar surface area (TPSA) is 78.9 Å². The van der Waals surface area contributed by atoms with Gasteiger partial charge in [-0.05, 0) is 42.5 Å². The first kappa shape index (κ1) is 20.6. The number of rotatable bonds is 8. The van der Waals surface area contributed by atoms with E-state index in [9.17, 15) is 14.7 Å². The van der Waals surface area contributed by atoms with Crippen LogP contribution in [0, 0.1) is 0 Å². The Kier molecular flexibility index (Phi) is 7.03. The lowest BCUT2D eigenvalue weighted by Crippen LogP contribution is -2.35. The molecule has 2 aromatic carbocycles. The van der Waals surface area contributed by atoms with Crippen LogP contribution in [0.3, 0.4) is 0 Å². The molecule has 0 bridgehead atoms. The monoisotopic (exact) mass is 394 g/mol. The normalized spacial score (nSPS) is 14.0. The molecule has 1 aliphatic rings. The molecule has 1 heterocycles. The highest BCUT2D eigenvalue weighted by atomic mass is 16.6. The van der Waals surface area contributed by atoms with Crippen LogP contribution in [0.25, 0.3) is 0 Å². The number of nitrogens with one attached hydrogen (secondary N) is 1. The fourth-order valence-corrected chi connectivity index (χ4v) is 3.31. The van der Waals surface area contributed by atoms with E-state index in [-0.39, 0.29) is 12.7 Å². The second-order valence-corrected chi connectivity index (χ2v) is 6.98. The molecule has 0 spiro atoms. The fourth-order valence-electron chi connectivity index (χ4n) is 3.31. The van der Waals surface area contributed by atoms with E-state index in [2.05, 4.69) is 5.32 Å². The highest BCUT2D eigenvalue weighted by molar-refractivity contribution is 5.90. The minimum absolute atomic E-state index is 0.234. The van der Waals surface area contributed by atoms with Crippen LogP contribution in [-0.4, -0.2) is 29.8 Å². The molecule has 2 N–H and O–H groups in total. The number of amides is 1. The highest BCUT2D eigenvalue weighted by Crippen LogP contribution is 2.30. The molecule has 1 atom stereocenters. The zero-order valence-corrected chi connectivity index (χ0v) is 16.5. The molecule has 29 heavy (non-hydrogen) atoms. The Morgan fingerprint density at radius 1 is 1.21 bits per heavy atom. The van der Waals surface area contributed by atoms with Gasteiger partial charge in [0.2, 0.25) is 0 Å². The Hall–Kier alpha value is -3.12. The van der Waals surface area contributed by atoms with Crippen molar-refractivity contribution in [2.45, 2.75) is 39.0 Å². The molecule has 0 aliphatic carbocycles. The molecule has 0 fully saturated rings. The molecular formula is C23H26N2O4. The second kappa shape index (κ2) is 9.89. The summed E-state index contributed by atoms with van der Waals surface area (Å²) >= 11 is 0. The smallest absolute Gasteiger partial charge is 0.414 e. The minimum atomic E-state index is -0.879. The van der Waals surface area contributed by atoms with Crippen LogP contribution in [0.1, 0.15) is 30.0 Å². The van der Waals surface area contributed by atoms with Crippen LogP contribution < -0.4 is 10.2 Å². The molecule has 0 saturated heterocycles. The standard InChI is InChI=1S/C23H26N2O4/c1-2-3-9-20(22(26)27)24-15-18-10-11-19-12-13-25(21(19)14-18)23(28)29-16-17-7-5-4-6-8-17/h2-8,10-11,14,20,24H,9,12-13,15-16H2,1H3,(H,26,27)/b3-2+. The van der Waals surface area contributed by atoms with E-state index in [0.29, 0.717) is 19.5 Å². The predicted octanol–water partition coefficient (Wildman–Crippen LogP) is 3.89. The van der Waals surface area contributed by atoms with Gasteiger partial charge in [0, 0.05) is 13.1 Å². The van der Waals surface area contributed by atoms with Gasteiger partial charge in [0.15, 0.2) is 0 Å².